The Labute approximate surface area is 282 Å². The predicted molar refractivity (Wildman–Crippen MR) is 204 cm³/mol. The first kappa shape index (κ1) is 27.5. The molecule has 0 saturated carbocycles. The third-order valence-corrected chi connectivity index (χ3v) is 9.74. The lowest BCUT2D eigenvalue weighted by atomic mass is 9.93. The molecular weight excluding hydrogens is 597 g/mol. The van der Waals surface area contributed by atoms with Gasteiger partial charge in [-0.05, 0) is 50.7 Å². The lowest BCUT2D eigenvalue weighted by Gasteiger charge is -2.13. The standard InChI is InChI=1S/C46H28N2O/c1-4-16-37(42-28-47-44-39-18-5-2-14-35(39)36-15-3-6-19-40(36)45(44)48-42)33(13-1)32-12-9-11-31(27-32)29-23-25-30(26-24-29)34-20-10-21-41-38-17-7-8-22-43(38)49-46(34)41/h1-28H. The second-order valence-electron chi connectivity index (χ2n) is 12.5. The SMILES string of the molecule is c1cc(-c2ccc(-c3cccc4c3oc3ccccc34)cc2)cc(-c2ccccc2-c2cnc3c4ccccc4c4ccccc4c3n2)c1. The van der Waals surface area contributed by atoms with Crippen LogP contribution in [0.1, 0.15) is 0 Å². The fraction of sp³-hybridized carbons (Fsp3) is 0. The highest BCUT2D eigenvalue weighted by Gasteiger charge is 2.15. The van der Waals surface area contributed by atoms with Crippen molar-refractivity contribution in [2.45, 2.75) is 0 Å². The van der Waals surface area contributed by atoms with E-state index in [2.05, 4.69) is 152 Å². The first-order valence-corrected chi connectivity index (χ1v) is 16.6. The molecule has 2 aromatic heterocycles. The second kappa shape index (κ2) is 11.0. The highest BCUT2D eigenvalue weighted by atomic mass is 16.3. The third-order valence-electron chi connectivity index (χ3n) is 9.74. The number of aromatic nitrogens is 2. The Morgan fingerprint density at radius 3 is 1.73 bits per heavy atom. The summed E-state index contributed by atoms with van der Waals surface area (Å²) in [7, 11) is 0. The number of para-hydroxylation sites is 2. The first-order valence-electron chi connectivity index (χ1n) is 16.6. The van der Waals surface area contributed by atoms with Crippen LogP contribution in [-0.2, 0) is 0 Å². The Morgan fingerprint density at radius 2 is 0.939 bits per heavy atom. The third kappa shape index (κ3) is 4.44. The molecule has 3 nitrogen and oxygen atoms in total. The number of hydrogen-bond acceptors (Lipinski definition) is 3. The molecule has 3 heteroatoms. The topological polar surface area (TPSA) is 38.9 Å². The van der Waals surface area contributed by atoms with Crippen LogP contribution < -0.4 is 0 Å². The molecule has 0 bridgehead atoms. The number of furan rings is 1. The van der Waals surface area contributed by atoms with Gasteiger partial charge < -0.3 is 4.42 Å². The Kier molecular flexibility index (Phi) is 6.18. The summed E-state index contributed by atoms with van der Waals surface area (Å²) in [5, 5.41) is 6.91. The van der Waals surface area contributed by atoms with Gasteiger partial charge in [-0.15, -0.1) is 0 Å². The molecular formula is C46H28N2O. The second-order valence-corrected chi connectivity index (χ2v) is 12.5. The molecule has 0 aliphatic carbocycles. The Morgan fingerprint density at radius 1 is 0.367 bits per heavy atom. The van der Waals surface area contributed by atoms with E-state index in [-0.39, 0.29) is 0 Å². The lowest BCUT2D eigenvalue weighted by molar-refractivity contribution is 0.670. The van der Waals surface area contributed by atoms with Gasteiger partial charge in [-0.25, -0.2) is 4.98 Å². The normalized spacial score (nSPS) is 11.7. The molecule has 0 aliphatic heterocycles. The summed E-state index contributed by atoms with van der Waals surface area (Å²) in [6, 6.07) is 57.6. The van der Waals surface area contributed by atoms with Crippen molar-refractivity contribution in [1.29, 1.82) is 0 Å². The monoisotopic (exact) mass is 624 g/mol. The molecule has 0 fully saturated rings. The summed E-state index contributed by atoms with van der Waals surface area (Å²) >= 11 is 0. The van der Waals surface area contributed by atoms with Crippen molar-refractivity contribution in [3.8, 4) is 44.6 Å². The number of benzene rings is 8. The molecule has 0 amide bonds. The van der Waals surface area contributed by atoms with E-state index >= 15 is 0 Å². The van der Waals surface area contributed by atoms with Crippen molar-refractivity contribution in [2.75, 3.05) is 0 Å². The fourth-order valence-electron chi connectivity index (χ4n) is 7.39. The van der Waals surface area contributed by atoms with Gasteiger partial charge in [0, 0.05) is 32.7 Å². The molecule has 0 N–H and O–H groups in total. The molecule has 10 rings (SSSR count). The maximum absolute atomic E-state index is 6.32. The molecule has 228 valence electrons. The number of nitrogens with zero attached hydrogens (tertiary/aromatic N) is 2. The molecule has 49 heavy (non-hydrogen) atoms. The van der Waals surface area contributed by atoms with Crippen LogP contribution in [0, 0.1) is 0 Å². The molecule has 8 aromatic carbocycles. The van der Waals surface area contributed by atoms with E-state index in [0.717, 1.165) is 88.4 Å². The van der Waals surface area contributed by atoms with E-state index in [1.54, 1.807) is 0 Å². The van der Waals surface area contributed by atoms with Crippen LogP contribution in [0.5, 0.6) is 0 Å². The van der Waals surface area contributed by atoms with Gasteiger partial charge in [-0.2, -0.15) is 0 Å². The summed E-state index contributed by atoms with van der Waals surface area (Å²) in [6.45, 7) is 0. The van der Waals surface area contributed by atoms with Gasteiger partial charge in [0.25, 0.3) is 0 Å². The van der Waals surface area contributed by atoms with Gasteiger partial charge in [-0.3, -0.25) is 4.98 Å². The van der Waals surface area contributed by atoms with Gasteiger partial charge in [-0.1, -0.05) is 152 Å². The van der Waals surface area contributed by atoms with Gasteiger partial charge >= 0.3 is 0 Å². The quantitative estimate of drug-likeness (QED) is 0.183. The summed E-state index contributed by atoms with van der Waals surface area (Å²) in [4.78, 5) is 10.3. The van der Waals surface area contributed by atoms with Crippen molar-refractivity contribution >= 4 is 54.5 Å². The molecule has 0 spiro atoms. The minimum absolute atomic E-state index is 0.859. The van der Waals surface area contributed by atoms with Gasteiger partial charge in [0.05, 0.1) is 22.9 Å². The van der Waals surface area contributed by atoms with Crippen molar-refractivity contribution < 1.29 is 4.42 Å². The minimum atomic E-state index is 0.859. The average Bonchev–Trinajstić information content (AvgIpc) is 3.57. The zero-order valence-corrected chi connectivity index (χ0v) is 26.5. The van der Waals surface area contributed by atoms with Gasteiger partial charge in [0.15, 0.2) is 0 Å². The summed E-state index contributed by atoms with van der Waals surface area (Å²) < 4.78 is 6.32. The smallest absolute Gasteiger partial charge is 0.143 e. The zero-order valence-electron chi connectivity index (χ0n) is 26.5. The van der Waals surface area contributed by atoms with Crippen molar-refractivity contribution in [2.24, 2.45) is 0 Å². The van der Waals surface area contributed by atoms with Gasteiger partial charge in [0.1, 0.15) is 11.2 Å². The summed E-state index contributed by atoms with van der Waals surface area (Å²) in [5.41, 5.74) is 12.4. The maximum atomic E-state index is 6.32. The minimum Gasteiger partial charge on any atom is -0.455 e. The molecule has 10 aromatic rings. The van der Waals surface area contributed by atoms with Crippen LogP contribution in [-0.4, -0.2) is 9.97 Å². The zero-order chi connectivity index (χ0) is 32.3. The van der Waals surface area contributed by atoms with Crippen LogP contribution in [0.4, 0.5) is 0 Å². The largest absolute Gasteiger partial charge is 0.455 e. The molecule has 0 unspecified atom stereocenters. The van der Waals surface area contributed by atoms with E-state index < -0.39 is 0 Å². The van der Waals surface area contributed by atoms with Crippen LogP contribution in [0.25, 0.3) is 99.2 Å². The first-order chi connectivity index (χ1) is 24.3. The lowest BCUT2D eigenvalue weighted by Crippen LogP contribution is -1.94. The number of hydrogen-bond donors (Lipinski definition) is 0. The van der Waals surface area contributed by atoms with E-state index in [1.807, 2.05) is 18.3 Å². The molecule has 0 radical (unpaired) electrons. The van der Waals surface area contributed by atoms with E-state index in [9.17, 15) is 0 Å². The van der Waals surface area contributed by atoms with Crippen LogP contribution in [0.15, 0.2) is 174 Å². The Bertz CT molecular complexity index is 2850. The Balaban J connectivity index is 1.04. The summed E-state index contributed by atoms with van der Waals surface area (Å²) in [6.07, 6.45) is 1.92. The van der Waals surface area contributed by atoms with Crippen LogP contribution >= 0.6 is 0 Å². The molecule has 0 saturated heterocycles. The molecule has 0 aliphatic rings. The molecule has 0 atom stereocenters. The number of fused-ring (bicyclic) bond motifs is 9. The average molecular weight is 625 g/mol. The summed E-state index contributed by atoms with van der Waals surface area (Å²) in [5.74, 6) is 0. The fourth-order valence-corrected chi connectivity index (χ4v) is 7.39. The van der Waals surface area contributed by atoms with Gasteiger partial charge in [0.2, 0.25) is 0 Å². The molecule has 2 heterocycles. The van der Waals surface area contributed by atoms with Crippen LogP contribution in [0.2, 0.25) is 0 Å². The van der Waals surface area contributed by atoms with E-state index in [1.165, 1.54) is 10.8 Å². The van der Waals surface area contributed by atoms with Crippen LogP contribution in [0.3, 0.4) is 0 Å². The maximum Gasteiger partial charge on any atom is 0.143 e. The highest BCUT2D eigenvalue weighted by Crippen LogP contribution is 2.39. The van der Waals surface area contributed by atoms with Crippen molar-refractivity contribution in [3.63, 3.8) is 0 Å². The Hall–Kier alpha value is -6.58. The van der Waals surface area contributed by atoms with Crippen molar-refractivity contribution in [3.05, 3.63) is 170 Å². The van der Waals surface area contributed by atoms with Crippen molar-refractivity contribution in [1.82, 2.24) is 9.97 Å². The van der Waals surface area contributed by atoms with E-state index in [4.69, 9.17) is 14.4 Å². The van der Waals surface area contributed by atoms with E-state index in [0.29, 0.717) is 0 Å². The number of rotatable bonds is 4. The predicted octanol–water partition coefficient (Wildman–Crippen LogP) is 12.5. The highest BCUT2D eigenvalue weighted by molar-refractivity contribution is 6.23.